The number of rotatable bonds is 0. The fourth-order valence-electron chi connectivity index (χ4n) is 1.60. The van der Waals surface area contributed by atoms with Gasteiger partial charge < -0.3 is 10.1 Å². The quantitative estimate of drug-likeness (QED) is 0.718. The van der Waals surface area contributed by atoms with Gasteiger partial charge in [-0.3, -0.25) is 0 Å². The first kappa shape index (κ1) is 8.56. The van der Waals surface area contributed by atoms with E-state index in [0.29, 0.717) is 0 Å². The number of nitrogens with one attached hydrogen (secondary N) is 1. The second kappa shape index (κ2) is 3.14. The van der Waals surface area contributed by atoms with Gasteiger partial charge in [-0.1, -0.05) is 18.7 Å². The minimum Gasteiger partial charge on any atom is -0.444 e. The minimum atomic E-state index is 0.858. The van der Waals surface area contributed by atoms with Gasteiger partial charge in [0.05, 0.1) is 5.69 Å². The zero-order valence-corrected chi connectivity index (χ0v) is 8.80. The Morgan fingerprint density at radius 1 is 1.20 bits per heavy atom. The largest absolute Gasteiger partial charge is 0.444 e. The molecule has 1 N–H and O–H groups in total. The summed E-state index contributed by atoms with van der Waals surface area (Å²) >= 11 is 1.58. The number of ether oxygens (including phenoxy) is 1. The molecule has 1 aromatic heterocycles. The van der Waals surface area contributed by atoms with E-state index < -0.39 is 0 Å². The van der Waals surface area contributed by atoms with Crippen molar-refractivity contribution < 1.29 is 4.74 Å². The maximum Gasteiger partial charge on any atom is 0.204 e. The molecule has 0 unspecified atom stereocenters. The lowest BCUT2D eigenvalue weighted by molar-refractivity contribution is 0.499. The van der Waals surface area contributed by atoms with E-state index in [4.69, 9.17) is 4.74 Å². The van der Waals surface area contributed by atoms with Gasteiger partial charge in [-0.15, -0.1) is 11.3 Å². The van der Waals surface area contributed by atoms with E-state index in [9.17, 15) is 0 Å². The molecule has 74 valence electrons. The monoisotopic (exact) mass is 215 g/mol. The fourth-order valence-corrected chi connectivity index (χ4v) is 2.31. The first-order valence-corrected chi connectivity index (χ1v) is 5.53. The topological polar surface area (TPSA) is 21.3 Å². The average Bonchev–Trinajstić information content (AvgIpc) is 2.61. The first-order valence-electron chi connectivity index (χ1n) is 4.65. The molecule has 0 saturated carbocycles. The highest BCUT2D eigenvalue weighted by Gasteiger charge is 2.16. The summed E-state index contributed by atoms with van der Waals surface area (Å²) in [5.74, 6) is 0.858. The maximum atomic E-state index is 5.81. The highest BCUT2D eigenvalue weighted by atomic mass is 32.1. The second-order valence-electron chi connectivity index (χ2n) is 3.32. The van der Waals surface area contributed by atoms with E-state index in [-0.39, 0.29) is 0 Å². The molecule has 15 heavy (non-hydrogen) atoms. The van der Waals surface area contributed by atoms with Crippen LogP contribution in [0.15, 0.2) is 42.3 Å². The zero-order chi connectivity index (χ0) is 10.3. The average molecular weight is 215 g/mol. The van der Waals surface area contributed by atoms with Crippen molar-refractivity contribution in [2.24, 2.45) is 0 Å². The van der Waals surface area contributed by atoms with Gasteiger partial charge >= 0.3 is 0 Å². The molecular formula is C12H9NOS. The lowest BCUT2D eigenvalue weighted by atomic mass is 10.1. The molecule has 0 radical (unpaired) electrons. The Bertz CT molecular complexity index is 530. The van der Waals surface area contributed by atoms with Crippen LogP contribution in [0.1, 0.15) is 5.56 Å². The van der Waals surface area contributed by atoms with Crippen LogP contribution in [0.4, 0.5) is 5.69 Å². The molecule has 0 aliphatic carbocycles. The van der Waals surface area contributed by atoms with Crippen molar-refractivity contribution >= 4 is 22.7 Å². The maximum absolute atomic E-state index is 5.81. The number of thiophene rings is 1. The minimum absolute atomic E-state index is 0.858. The van der Waals surface area contributed by atoms with Crippen molar-refractivity contribution in [1.29, 1.82) is 0 Å². The summed E-state index contributed by atoms with van der Waals surface area (Å²) in [5, 5.41) is 6.14. The molecule has 3 rings (SSSR count). The number of hydrogen-bond acceptors (Lipinski definition) is 3. The van der Waals surface area contributed by atoms with Gasteiger partial charge in [0.25, 0.3) is 0 Å². The molecule has 2 aromatic rings. The lowest BCUT2D eigenvalue weighted by Crippen LogP contribution is -1.93. The van der Waals surface area contributed by atoms with Gasteiger partial charge in [0, 0.05) is 11.3 Å². The van der Waals surface area contributed by atoms with Crippen molar-refractivity contribution in [2.45, 2.75) is 0 Å². The predicted molar refractivity (Wildman–Crippen MR) is 63.5 cm³/mol. The van der Waals surface area contributed by atoms with Gasteiger partial charge in [-0.25, -0.2) is 0 Å². The van der Waals surface area contributed by atoms with E-state index in [1.54, 1.807) is 11.3 Å². The molecule has 0 amide bonds. The van der Waals surface area contributed by atoms with Gasteiger partial charge in [0.2, 0.25) is 5.06 Å². The van der Waals surface area contributed by atoms with Crippen molar-refractivity contribution in [2.75, 3.05) is 5.32 Å². The van der Waals surface area contributed by atoms with Crippen molar-refractivity contribution in [3.05, 3.63) is 47.9 Å². The number of fused-ring (bicyclic) bond motifs is 2. The van der Waals surface area contributed by atoms with Crippen LogP contribution in [-0.2, 0) is 0 Å². The van der Waals surface area contributed by atoms with Crippen LogP contribution in [0.5, 0.6) is 10.8 Å². The van der Waals surface area contributed by atoms with Crippen LogP contribution in [0.3, 0.4) is 0 Å². The Morgan fingerprint density at radius 2 is 2.07 bits per heavy atom. The van der Waals surface area contributed by atoms with Crippen molar-refractivity contribution in [1.82, 2.24) is 0 Å². The zero-order valence-electron chi connectivity index (χ0n) is 7.99. The summed E-state index contributed by atoms with van der Waals surface area (Å²) in [5.41, 5.74) is 2.88. The molecule has 1 aliphatic rings. The number of para-hydroxylation sites is 1. The van der Waals surface area contributed by atoms with Gasteiger partial charge in [0.1, 0.15) is 5.75 Å². The van der Waals surface area contributed by atoms with Crippen LogP contribution in [0.25, 0.3) is 5.70 Å². The Balaban J connectivity index is 2.19. The molecule has 0 spiro atoms. The van der Waals surface area contributed by atoms with E-state index in [1.165, 1.54) is 0 Å². The van der Waals surface area contributed by atoms with Crippen LogP contribution >= 0.6 is 11.3 Å². The number of hydrogen-bond donors (Lipinski definition) is 1. The summed E-state index contributed by atoms with van der Waals surface area (Å²) < 4.78 is 5.81. The van der Waals surface area contributed by atoms with Gasteiger partial charge in [-0.05, 0) is 23.6 Å². The summed E-state index contributed by atoms with van der Waals surface area (Å²) in [7, 11) is 0. The molecule has 0 atom stereocenters. The smallest absolute Gasteiger partial charge is 0.204 e. The molecule has 0 bridgehead atoms. The molecule has 2 nitrogen and oxygen atoms in total. The summed E-state index contributed by atoms with van der Waals surface area (Å²) in [6.45, 7) is 4.01. The van der Waals surface area contributed by atoms with Crippen LogP contribution < -0.4 is 10.1 Å². The molecule has 2 heterocycles. The SMILES string of the molecule is C=C1Nc2ccsc2Oc2ccccc21. The number of anilines is 1. The second-order valence-corrected chi connectivity index (χ2v) is 4.20. The molecular weight excluding hydrogens is 206 g/mol. The van der Waals surface area contributed by atoms with Crippen molar-refractivity contribution in [3.8, 4) is 10.8 Å². The van der Waals surface area contributed by atoms with E-state index in [1.807, 2.05) is 35.7 Å². The third-order valence-corrected chi connectivity index (χ3v) is 3.12. The fraction of sp³-hybridized carbons (Fsp3) is 0. The van der Waals surface area contributed by atoms with E-state index >= 15 is 0 Å². The standard InChI is InChI=1S/C12H9NOS/c1-8-9-4-2-3-5-11(9)14-12-10(13-8)6-7-15-12/h2-7,13H,1H2. The Kier molecular flexibility index (Phi) is 1.79. The lowest BCUT2D eigenvalue weighted by Gasteiger charge is -2.06. The van der Waals surface area contributed by atoms with E-state index in [2.05, 4.69) is 11.9 Å². The highest BCUT2D eigenvalue weighted by Crippen LogP contribution is 2.42. The summed E-state index contributed by atoms with van der Waals surface area (Å²) in [6, 6.07) is 9.90. The predicted octanol–water partition coefficient (Wildman–Crippen LogP) is 3.94. The van der Waals surface area contributed by atoms with Crippen LogP contribution in [-0.4, -0.2) is 0 Å². The molecule has 1 aromatic carbocycles. The van der Waals surface area contributed by atoms with Crippen LogP contribution in [0, 0.1) is 0 Å². The molecule has 1 aliphatic heterocycles. The summed E-state index contributed by atoms with van der Waals surface area (Å²) in [6.07, 6.45) is 0. The Morgan fingerprint density at radius 3 is 3.00 bits per heavy atom. The van der Waals surface area contributed by atoms with Gasteiger partial charge in [0.15, 0.2) is 0 Å². The Labute approximate surface area is 91.8 Å². The highest BCUT2D eigenvalue weighted by molar-refractivity contribution is 7.12. The Hall–Kier alpha value is -1.74. The van der Waals surface area contributed by atoms with Gasteiger partial charge in [-0.2, -0.15) is 0 Å². The van der Waals surface area contributed by atoms with E-state index in [0.717, 1.165) is 27.8 Å². The number of benzene rings is 1. The first-order chi connectivity index (χ1) is 7.34. The normalized spacial score (nSPS) is 13.2. The molecule has 0 fully saturated rings. The summed E-state index contributed by atoms with van der Waals surface area (Å²) in [4.78, 5) is 0. The third-order valence-electron chi connectivity index (χ3n) is 2.33. The van der Waals surface area contributed by atoms with Crippen LogP contribution in [0.2, 0.25) is 0 Å². The third kappa shape index (κ3) is 1.32. The molecule has 0 saturated heterocycles. The van der Waals surface area contributed by atoms with Crippen molar-refractivity contribution in [3.63, 3.8) is 0 Å². The molecule has 3 heteroatoms.